The first kappa shape index (κ1) is 13.0. The van der Waals surface area contributed by atoms with Gasteiger partial charge in [-0.3, -0.25) is 9.59 Å². The highest BCUT2D eigenvalue weighted by Gasteiger charge is 2.36. The number of benzene rings is 1. The topological polar surface area (TPSA) is 66.6 Å². The number of primary amides is 1. The van der Waals surface area contributed by atoms with Gasteiger partial charge in [0.25, 0.3) is 5.91 Å². The zero-order valence-electron chi connectivity index (χ0n) is 11.6. The van der Waals surface area contributed by atoms with E-state index in [1.807, 2.05) is 11.9 Å². The SMILES string of the molecule is CN1c2cc(C(N)=O)ccc2C(=O)N2CCCCC[C@@H]21. The molecular formula is C15H19N3O2. The first-order chi connectivity index (χ1) is 9.59. The number of fused-ring (bicyclic) bond motifs is 2. The average Bonchev–Trinajstić information content (AvgIpc) is 2.70. The molecule has 2 heterocycles. The van der Waals surface area contributed by atoms with Crippen molar-refractivity contribution in [2.24, 2.45) is 5.73 Å². The van der Waals surface area contributed by atoms with Gasteiger partial charge in [0.05, 0.1) is 11.3 Å². The van der Waals surface area contributed by atoms with Crippen molar-refractivity contribution in [2.75, 3.05) is 18.5 Å². The lowest BCUT2D eigenvalue weighted by molar-refractivity contribution is 0.0661. The molecule has 1 fully saturated rings. The minimum Gasteiger partial charge on any atom is -0.366 e. The molecule has 0 aliphatic carbocycles. The summed E-state index contributed by atoms with van der Waals surface area (Å²) >= 11 is 0. The van der Waals surface area contributed by atoms with Gasteiger partial charge in [0, 0.05) is 19.2 Å². The Balaban J connectivity index is 2.07. The summed E-state index contributed by atoms with van der Waals surface area (Å²) in [5, 5.41) is 0. The highest BCUT2D eigenvalue weighted by Crippen LogP contribution is 2.34. The van der Waals surface area contributed by atoms with Crippen LogP contribution in [0.5, 0.6) is 0 Å². The highest BCUT2D eigenvalue weighted by molar-refractivity contribution is 6.04. The molecule has 5 heteroatoms. The molecule has 0 saturated carbocycles. The van der Waals surface area contributed by atoms with Gasteiger partial charge in [-0.05, 0) is 37.5 Å². The van der Waals surface area contributed by atoms with Crippen molar-refractivity contribution in [3.63, 3.8) is 0 Å². The maximum atomic E-state index is 12.6. The van der Waals surface area contributed by atoms with E-state index in [9.17, 15) is 9.59 Å². The van der Waals surface area contributed by atoms with Gasteiger partial charge in [-0.25, -0.2) is 0 Å². The van der Waals surface area contributed by atoms with E-state index in [0.717, 1.165) is 37.9 Å². The summed E-state index contributed by atoms with van der Waals surface area (Å²) < 4.78 is 0. The van der Waals surface area contributed by atoms with Gasteiger partial charge >= 0.3 is 0 Å². The van der Waals surface area contributed by atoms with Gasteiger partial charge in [-0.2, -0.15) is 0 Å². The van der Waals surface area contributed by atoms with Crippen LogP contribution in [-0.4, -0.2) is 36.5 Å². The molecule has 1 aromatic carbocycles. The maximum absolute atomic E-state index is 12.6. The van der Waals surface area contributed by atoms with Crippen LogP contribution >= 0.6 is 0 Å². The number of nitrogens with two attached hydrogens (primary N) is 1. The van der Waals surface area contributed by atoms with E-state index in [-0.39, 0.29) is 12.1 Å². The zero-order valence-corrected chi connectivity index (χ0v) is 11.6. The van der Waals surface area contributed by atoms with Crippen molar-refractivity contribution in [1.29, 1.82) is 0 Å². The molecule has 106 valence electrons. The third-order valence-corrected chi connectivity index (χ3v) is 4.32. The molecule has 0 radical (unpaired) electrons. The molecular weight excluding hydrogens is 254 g/mol. The number of rotatable bonds is 1. The zero-order chi connectivity index (χ0) is 14.3. The molecule has 1 saturated heterocycles. The van der Waals surface area contributed by atoms with Crippen LogP contribution in [0.15, 0.2) is 18.2 Å². The summed E-state index contributed by atoms with van der Waals surface area (Å²) in [7, 11) is 1.99. The number of anilines is 1. The van der Waals surface area contributed by atoms with Crippen LogP contribution in [0.3, 0.4) is 0 Å². The van der Waals surface area contributed by atoms with Crippen LogP contribution in [0.4, 0.5) is 5.69 Å². The minimum absolute atomic E-state index is 0.0704. The second kappa shape index (κ2) is 4.81. The van der Waals surface area contributed by atoms with Crippen molar-refractivity contribution in [2.45, 2.75) is 31.8 Å². The maximum Gasteiger partial charge on any atom is 0.257 e. The van der Waals surface area contributed by atoms with E-state index < -0.39 is 5.91 Å². The Kier molecular flexibility index (Phi) is 3.12. The lowest BCUT2D eigenvalue weighted by Gasteiger charge is -2.43. The molecule has 5 nitrogen and oxygen atoms in total. The van der Waals surface area contributed by atoms with Crippen LogP contribution in [0.25, 0.3) is 0 Å². The number of hydrogen-bond donors (Lipinski definition) is 1. The smallest absolute Gasteiger partial charge is 0.257 e. The third kappa shape index (κ3) is 1.94. The Morgan fingerprint density at radius 1 is 1.30 bits per heavy atom. The summed E-state index contributed by atoms with van der Waals surface area (Å²) in [5.41, 5.74) is 7.26. The van der Waals surface area contributed by atoms with Gasteiger partial charge in [-0.1, -0.05) is 6.42 Å². The summed E-state index contributed by atoms with van der Waals surface area (Å²) in [4.78, 5) is 28.0. The molecule has 2 aliphatic rings. The van der Waals surface area contributed by atoms with E-state index in [1.165, 1.54) is 0 Å². The van der Waals surface area contributed by atoms with Crippen molar-refractivity contribution in [3.8, 4) is 0 Å². The first-order valence-electron chi connectivity index (χ1n) is 7.07. The first-order valence-corrected chi connectivity index (χ1v) is 7.07. The molecule has 20 heavy (non-hydrogen) atoms. The standard InChI is InChI=1S/C15H19N3O2/c1-17-12-9-10(14(16)19)6-7-11(12)15(20)18-8-4-2-3-5-13(17)18/h6-7,9,13H,2-5,8H2,1H3,(H2,16,19)/t13-/m1/s1. The fraction of sp³-hybridized carbons (Fsp3) is 0.467. The van der Waals surface area contributed by atoms with E-state index in [4.69, 9.17) is 5.73 Å². The van der Waals surface area contributed by atoms with Crippen LogP contribution in [-0.2, 0) is 0 Å². The molecule has 0 spiro atoms. The Labute approximate surface area is 118 Å². The normalized spacial score (nSPS) is 22.1. The molecule has 0 unspecified atom stereocenters. The van der Waals surface area contributed by atoms with Crippen LogP contribution in [0.1, 0.15) is 46.4 Å². The summed E-state index contributed by atoms with van der Waals surface area (Å²) in [6.45, 7) is 0.810. The molecule has 2 N–H and O–H groups in total. The molecule has 2 amide bonds. The molecule has 0 aromatic heterocycles. The summed E-state index contributed by atoms with van der Waals surface area (Å²) in [6, 6.07) is 5.08. The fourth-order valence-corrected chi connectivity index (χ4v) is 3.20. The Hall–Kier alpha value is -2.04. The average molecular weight is 273 g/mol. The molecule has 0 bridgehead atoms. The van der Waals surface area contributed by atoms with Crippen molar-refractivity contribution in [1.82, 2.24) is 4.90 Å². The van der Waals surface area contributed by atoms with Crippen molar-refractivity contribution in [3.05, 3.63) is 29.3 Å². The fourth-order valence-electron chi connectivity index (χ4n) is 3.20. The number of carbonyl (C=O) groups excluding carboxylic acids is 2. The monoisotopic (exact) mass is 273 g/mol. The number of carbonyl (C=O) groups is 2. The lowest BCUT2D eigenvalue weighted by atomic mass is 10.0. The predicted molar refractivity (Wildman–Crippen MR) is 76.7 cm³/mol. The van der Waals surface area contributed by atoms with Gasteiger partial charge in [0.15, 0.2) is 0 Å². The largest absolute Gasteiger partial charge is 0.366 e. The Morgan fingerprint density at radius 2 is 2.10 bits per heavy atom. The van der Waals surface area contributed by atoms with E-state index in [2.05, 4.69) is 4.90 Å². The van der Waals surface area contributed by atoms with E-state index in [1.54, 1.807) is 18.2 Å². The van der Waals surface area contributed by atoms with E-state index >= 15 is 0 Å². The van der Waals surface area contributed by atoms with E-state index in [0.29, 0.717) is 11.1 Å². The number of hydrogen-bond acceptors (Lipinski definition) is 3. The second-order valence-corrected chi connectivity index (χ2v) is 5.54. The van der Waals surface area contributed by atoms with Gasteiger partial charge in [-0.15, -0.1) is 0 Å². The van der Waals surface area contributed by atoms with Gasteiger partial charge < -0.3 is 15.5 Å². The predicted octanol–water partition coefficient (Wildman–Crippen LogP) is 1.58. The third-order valence-electron chi connectivity index (χ3n) is 4.32. The molecule has 2 aliphatic heterocycles. The summed E-state index contributed by atoms with van der Waals surface area (Å²) in [6.07, 6.45) is 4.43. The number of nitrogens with zero attached hydrogens (tertiary/aromatic N) is 2. The number of amides is 2. The Bertz CT molecular complexity index is 570. The van der Waals surface area contributed by atoms with Gasteiger partial charge in [0.1, 0.15) is 6.17 Å². The quantitative estimate of drug-likeness (QED) is 0.844. The van der Waals surface area contributed by atoms with Gasteiger partial charge in [0.2, 0.25) is 5.91 Å². The lowest BCUT2D eigenvalue weighted by Crippen LogP contribution is -2.53. The molecule has 1 atom stereocenters. The van der Waals surface area contributed by atoms with Crippen molar-refractivity contribution >= 4 is 17.5 Å². The van der Waals surface area contributed by atoms with Crippen LogP contribution in [0.2, 0.25) is 0 Å². The highest BCUT2D eigenvalue weighted by atomic mass is 16.2. The Morgan fingerprint density at radius 3 is 2.85 bits per heavy atom. The van der Waals surface area contributed by atoms with Crippen LogP contribution in [0, 0.1) is 0 Å². The second-order valence-electron chi connectivity index (χ2n) is 5.54. The molecule has 1 aromatic rings. The van der Waals surface area contributed by atoms with Crippen LogP contribution < -0.4 is 10.6 Å². The molecule has 3 rings (SSSR count). The minimum atomic E-state index is -0.461. The summed E-state index contributed by atoms with van der Waals surface area (Å²) in [5.74, 6) is -0.391. The van der Waals surface area contributed by atoms with Crippen molar-refractivity contribution < 1.29 is 9.59 Å².